The number of carboxylic acids is 1. The molecule has 1 heterocycles. The van der Waals surface area contributed by atoms with Crippen molar-refractivity contribution in [3.63, 3.8) is 0 Å². The number of hydrogen-bond donors (Lipinski definition) is 3. The highest BCUT2D eigenvalue weighted by Gasteiger charge is 2.45. The molecule has 1 aliphatic rings. The van der Waals surface area contributed by atoms with Crippen LogP contribution in [0.3, 0.4) is 0 Å². The van der Waals surface area contributed by atoms with Crippen molar-refractivity contribution in [1.29, 1.82) is 0 Å². The first-order valence-electron chi connectivity index (χ1n) is 6.02. The molecule has 1 aromatic carbocycles. The number of carboxylic acid groups (broad SMARTS) is 1. The quantitative estimate of drug-likeness (QED) is 0.766. The smallest absolute Gasteiger partial charge is 0.329 e. The summed E-state index contributed by atoms with van der Waals surface area (Å²) < 4.78 is 12.8. The Kier molecular flexibility index (Phi) is 3.52. The van der Waals surface area contributed by atoms with Gasteiger partial charge in [-0.25, -0.2) is 9.18 Å². The maximum absolute atomic E-state index is 12.8. The van der Waals surface area contributed by atoms with Crippen LogP contribution in [0.25, 0.3) is 0 Å². The molecular weight excluding hydrogens is 235 g/mol. The van der Waals surface area contributed by atoms with E-state index in [1.165, 1.54) is 12.1 Å². The topological polar surface area (TPSA) is 61.4 Å². The van der Waals surface area contributed by atoms with Crippen molar-refractivity contribution in [2.24, 2.45) is 5.92 Å². The molecule has 98 valence electrons. The Morgan fingerprint density at radius 3 is 2.72 bits per heavy atom. The maximum Gasteiger partial charge on any atom is 0.329 e. The summed E-state index contributed by atoms with van der Waals surface area (Å²) in [6, 6.07) is 5.77. The van der Waals surface area contributed by atoms with E-state index in [9.17, 15) is 14.3 Å². The van der Waals surface area contributed by atoms with Crippen LogP contribution in [0.2, 0.25) is 0 Å². The Bertz CT molecular complexity index is 435. The van der Waals surface area contributed by atoms with Gasteiger partial charge in [-0.05, 0) is 37.2 Å². The Balaban J connectivity index is 2.25. The average Bonchev–Trinajstić information content (AvgIpc) is 2.35. The molecule has 18 heavy (non-hydrogen) atoms. The third-order valence-electron chi connectivity index (χ3n) is 3.58. The lowest BCUT2D eigenvalue weighted by Crippen LogP contribution is -2.59. The molecule has 1 aromatic rings. The number of aliphatic carboxylic acids is 1. The summed E-state index contributed by atoms with van der Waals surface area (Å²) in [7, 11) is 0. The van der Waals surface area contributed by atoms with Gasteiger partial charge in [-0.15, -0.1) is 0 Å². The molecule has 1 saturated heterocycles. The predicted molar refractivity (Wildman–Crippen MR) is 67.0 cm³/mol. The van der Waals surface area contributed by atoms with Gasteiger partial charge in [0.25, 0.3) is 0 Å². The van der Waals surface area contributed by atoms with Gasteiger partial charge < -0.3 is 15.7 Å². The van der Waals surface area contributed by atoms with E-state index < -0.39 is 11.5 Å². The molecule has 1 fully saturated rings. The number of rotatable bonds is 3. The third-order valence-corrected chi connectivity index (χ3v) is 3.58. The largest absolute Gasteiger partial charge is 0.479 e. The van der Waals surface area contributed by atoms with Crippen LogP contribution in [0.4, 0.5) is 10.1 Å². The first-order valence-corrected chi connectivity index (χ1v) is 6.02. The first-order chi connectivity index (χ1) is 8.54. The minimum Gasteiger partial charge on any atom is -0.479 e. The lowest BCUT2D eigenvalue weighted by Gasteiger charge is -2.40. The Labute approximate surface area is 105 Å². The van der Waals surface area contributed by atoms with E-state index in [2.05, 4.69) is 10.6 Å². The van der Waals surface area contributed by atoms with Crippen molar-refractivity contribution in [3.05, 3.63) is 30.1 Å². The number of halogens is 1. The second-order valence-electron chi connectivity index (χ2n) is 4.76. The fraction of sp³-hybridized carbons (Fsp3) is 0.462. The third kappa shape index (κ3) is 2.31. The second kappa shape index (κ2) is 4.94. The van der Waals surface area contributed by atoms with Gasteiger partial charge in [-0.2, -0.15) is 0 Å². The van der Waals surface area contributed by atoms with Crippen LogP contribution in [0, 0.1) is 11.7 Å². The van der Waals surface area contributed by atoms with Crippen LogP contribution in [0.15, 0.2) is 24.3 Å². The van der Waals surface area contributed by atoms with Crippen LogP contribution in [0.1, 0.15) is 13.3 Å². The van der Waals surface area contributed by atoms with E-state index in [-0.39, 0.29) is 11.7 Å². The maximum atomic E-state index is 12.8. The summed E-state index contributed by atoms with van der Waals surface area (Å²) in [5, 5.41) is 15.8. The molecule has 2 rings (SSSR count). The van der Waals surface area contributed by atoms with E-state index in [1.807, 2.05) is 6.92 Å². The number of carbonyl (C=O) groups is 1. The fourth-order valence-corrected chi connectivity index (χ4v) is 2.37. The minimum atomic E-state index is -0.983. The molecule has 0 bridgehead atoms. The average molecular weight is 252 g/mol. The first kappa shape index (κ1) is 12.8. The molecule has 0 aliphatic carbocycles. The van der Waals surface area contributed by atoms with Crippen molar-refractivity contribution in [2.45, 2.75) is 18.9 Å². The molecule has 2 atom stereocenters. The Hall–Kier alpha value is -1.62. The minimum absolute atomic E-state index is 0.0474. The summed E-state index contributed by atoms with van der Waals surface area (Å²) in [6.07, 6.45) is 0.501. The summed E-state index contributed by atoms with van der Waals surface area (Å²) >= 11 is 0. The van der Waals surface area contributed by atoms with E-state index in [0.717, 1.165) is 0 Å². The normalized spacial score (nSPS) is 27.8. The molecule has 0 amide bonds. The molecule has 0 radical (unpaired) electrons. The van der Waals surface area contributed by atoms with Gasteiger partial charge in [0.1, 0.15) is 11.4 Å². The molecule has 4 nitrogen and oxygen atoms in total. The molecule has 0 aromatic heterocycles. The van der Waals surface area contributed by atoms with Gasteiger partial charge in [0.2, 0.25) is 0 Å². The fourth-order valence-electron chi connectivity index (χ4n) is 2.37. The predicted octanol–water partition coefficient (Wildman–Crippen LogP) is 1.69. The number of nitrogens with one attached hydrogen (secondary N) is 2. The highest BCUT2D eigenvalue weighted by molar-refractivity contribution is 5.83. The standard InChI is InChI=1S/C13H17FN2O2/c1-9-8-15-7-6-13(9,12(17)18)16-11-4-2-10(14)3-5-11/h2-5,9,15-16H,6-8H2,1H3,(H,17,18). The zero-order valence-electron chi connectivity index (χ0n) is 10.2. The van der Waals surface area contributed by atoms with E-state index in [0.29, 0.717) is 25.2 Å². The van der Waals surface area contributed by atoms with Gasteiger partial charge >= 0.3 is 5.97 Å². The van der Waals surface area contributed by atoms with Crippen LogP contribution >= 0.6 is 0 Å². The summed E-state index contributed by atoms with van der Waals surface area (Å²) in [5.41, 5.74) is -0.351. The highest BCUT2D eigenvalue weighted by Crippen LogP contribution is 2.29. The molecule has 5 heteroatoms. The van der Waals surface area contributed by atoms with Crippen molar-refractivity contribution in [2.75, 3.05) is 18.4 Å². The second-order valence-corrected chi connectivity index (χ2v) is 4.76. The molecule has 0 spiro atoms. The number of hydrogen-bond acceptors (Lipinski definition) is 3. The van der Waals surface area contributed by atoms with Crippen molar-refractivity contribution in [1.82, 2.24) is 5.32 Å². The van der Waals surface area contributed by atoms with Crippen LogP contribution in [0.5, 0.6) is 0 Å². The van der Waals surface area contributed by atoms with Crippen molar-refractivity contribution in [3.8, 4) is 0 Å². The SMILES string of the molecule is CC1CNCCC1(Nc1ccc(F)cc1)C(=O)O. The lowest BCUT2D eigenvalue weighted by molar-refractivity contribution is -0.145. The lowest BCUT2D eigenvalue weighted by atomic mass is 9.79. The van der Waals surface area contributed by atoms with Gasteiger partial charge in [0.15, 0.2) is 0 Å². The highest BCUT2D eigenvalue weighted by atomic mass is 19.1. The number of anilines is 1. The molecule has 0 saturated carbocycles. The van der Waals surface area contributed by atoms with E-state index in [1.54, 1.807) is 12.1 Å². The van der Waals surface area contributed by atoms with Gasteiger partial charge in [-0.3, -0.25) is 0 Å². The van der Waals surface area contributed by atoms with Gasteiger partial charge in [0.05, 0.1) is 0 Å². The summed E-state index contributed by atoms with van der Waals surface area (Å²) in [5.74, 6) is -1.24. The van der Waals surface area contributed by atoms with Crippen molar-refractivity contribution >= 4 is 11.7 Å². The molecule has 2 unspecified atom stereocenters. The van der Waals surface area contributed by atoms with Gasteiger partial charge in [-0.1, -0.05) is 6.92 Å². The Morgan fingerprint density at radius 1 is 1.50 bits per heavy atom. The monoisotopic (exact) mass is 252 g/mol. The van der Waals surface area contributed by atoms with Crippen LogP contribution < -0.4 is 10.6 Å². The molecule has 3 N–H and O–H groups in total. The Morgan fingerprint density at radius 2 is 2.17 bits per heavy atom. The zero-order chi connectivity index (χ0) is 13.2. The number of benzene rings is 1. The van der Waals surface area contributed by atoms with Crippen molar-refractivity contribution < 1.29 is 14.3 Å². The molecule has 1 aliphatic heterocycles. The van der Waals surface area contributed by atoms with Gasteiger partial charge in [0, 0.05) is 18.2 Å². The number of piperidine rings is 1. The van der Waals surface area contributed by atoms with E-state index >= 15 is 0 Å². The van der Waals surface area contributed by atoms with Crippen LogP contribution in [-0.4, -0.2) is 29.7 Å². The van der Waals surface area contributed by atoms with Crippen LogP contribution in [-0.2, 0) is 4.79 Å². The van der Waals surface area contributed by atoms with E-state index in [4.69, 9.17) is 0 Å². The summed E-state index contributed by atoms with van der Waals surface area (Å²) in [4.78, 5) is 11.6. The summed E-state index contributed by atoms with van der Waals surface area (Å²) in [6.45, 7) is 3.21. The molecular formula is C13H17FN2O2. The zero-order valence-corrected chi connectivity index (χ0v) is 10.2.